The summed E-state index contributed by atoms with van der Waals surface area (Å²) in [6.07, 6.45) is 0. The third-order valence-electron chi connectivity index (χ3n) is 3.38. The first-order valence-electron chi connectivity index (χ1n) is 7.47. The van der Waals surface area contributed by atoms with Crippen molar-refractivity contribution in [2.75, 3.05) is 7.11 Å². The van der Waals surface area contributed by atoms with Gasteiger partial charge in [-0.15, -0.1) is 10.2 Å². The summed E-state index contributed by atoms with van der Waals surface area (Å²) in [5.74, 6) is 0.00638. The maximum absolute atomic E-state index is 12.0. The van der Waals surface area contributed by atoms with Crippen LogP contribution in [0.3, 0.4) is 0 Å². The van der Waals surface area contributed by atoms with Crippen LogP contribution in [0.1, 0.15) is 10.4 Å². The molecule has 1 N–H and O–H groups in total. The van der Waals surface area contributed by atoms with E-state index in [2.05, 4.69) is 20.7 Å². The summed E-state index contributed by atoms with van der Waals surface area (Å²) in [5, 5.41) is 14.1. The number of hydrogen-bond acceptors (Lipinski definition) is 6. The van der Waals surface area contributed by atoms with Gasteiger partial charge in [-0.05, 0) is 29.5 Å². The number of benzene rings is 2. The molecule has 2 aromatic carbocycles. The number of amides is 2. The van der Waals surface area contributed by atoms with Gasteiger partial charge in [0.25, 0.3) is 5.91 Å². The van der Waals surface area contributed by atoms with Gasteiger partial charge in [0.2, 0.25) is 11.7 Å². The van der Waals surface area contributed by atoms with Gasteiger partial charge in [0.15, 0.2) is 0 Å². The predicted molar refractivity (Wildman–Crippen MR) is 88.7 cm³/mol. The fraction of sp³-hybridized carbons (Fsp3) is 0.118. The molecular weight excluding hydrogens is 322 g/mol. The maximum Gasteiger partial charge on any atom is 0.257 e. The van der Waals surface area contributed by atoms with E-state index < -0.39 is 11.8 Å². The second-order valence-corrected chi connectivity index (χ2v) is 5.12. The average molecular weight is 337 g/mol. The zero-order chi connectivity index (χ0) is 17.6. The summed E-state index contributed by atoms with van der Waals surface area (Å²) in [5.41, 5.74) is 1.15. The molecular formula is C17H15N5O3. The van der Waals surface area contributed by atoms with Gasteiger partial charge in [0.05, 0.1) is 7.11 Å². The highest BCUT2D eigenvalue weighted by atomic mass is 16.5. The lowest BCUT2D eigenvalue weighted by Gasteiger charge is -2.04. The van der Waals surface area contributed by atoms with Crippen LogP contribution in [-0.2, 0) is 11.3 Å². The first-order chi connectivity index (χ1) is 12.2. The summed E-state index contributed by atoms with van der Waals surface area (Å²) in [6, 6.07) is 15.7. The number of imide groups is 1. The quantitative estimate of drug-likeness (QED) is 0.753. The van der Waals surface area contributed by atoms with Crippen molar-refractivity contribution >= 4 is 11.8 Å². The van der Waals surface area contributed by atoms with Crippen LogP contribution in [0.15, 0.2) is 54.6 Å². The Hall–Kier alpha value is -3.55. The summed E-state index contributed by atoms with van der Waals surface area (Å²) in [6.45, 7) is -0.207. The minimum absolute atomic E-state index is 0.207. The van der Waals surface area contributed by atoms with Gasteiger partial charge < -0.3 is 4.74 Å². The smallest absolute Gasteiger partial charge is 0.257 e. The molecule has 8 nitrogen and oxygen atoms in total. The number of carbonyl (C=O) groups is 2. The number of nitrogens with zero attached hydrogens (tertiary/aromatic N) is 4. The van der Waals surface area contributed by atoms with Crippen molar-refractivity contribution in [1.82, 2.24) is 25.5 Å². The Labute approximate surface area is 143 Å². The van der Waals surface area contributed by atoms with Crippen LogP contribution >= 0.6 is 0 Å². The maximum atomic E-state index is 12.0. The SMILES string of the molecule is COc1ccc(C(=O)NC(=O)Cn2nnc(-c3ccccc3)n2)cc1. The molecule has 1 heterocycles. The van der Waals surface area contributed by atoms with E-state index in [1.54, 1.807) is 24.3 Å². The van der Waals surface area contributed by atoms with E-state index in [0.29, 0.717) is 17.1 Å². The lowest BCUT2D eigenvalue weighted by atomic mass is 10.2. The molecule has 0 aliphatic rings. The van der Waals surface area contributed by atoms with E-state index in [1.807, 2.05) is 30.3 Å². The Morgan fingerprint density at radius 2 is 1.80 bits per heavy atom. The van der Waals surface area contributed by atoms with Crippen molar-refractivity contribution in [3.8, 4) is 17.1 Å². The second-order valence-electron chi connectivity index (χ2n) is 5.12. The van der Waals surface area contributed by atoms with Gasteiger partial charge in [-0.3, -0.25) is 14.9 Å². The summed E-state index contributed by atoms with van der Waals surface area (Å²) in [7, 11) is 1.54. The summed E-state index contributed by atoms with van der Waals surface area (Å²) >= 11 is 0. The Kier molecular flexibility index (Phi) is 4.79. The number of tetrazole rings is 1. The molecule has 3 aromatic rings. The fourth-order valence-corrected chi connectivity index (χ4v) is 2.12. The summed E-state index contributed by atoms with van der Waals surface area (Å²) in [4.78, 5) is 25.2. The van der Waals surface area contributed by atoms with Crippen molar-refractivity contribution in [1.29, 1.82) is 0 Å². The van der Waals surface area contributed by atoms with Crippen molar-refractivity contribution in [2.45, 2.75) is 6.54 Å². The second kappa shape index (κ2) is 7.35. The molecule has 8 heteroatoms. The molecule has 0 fully saturated rings. The standard InChI is InChI=1S/C17H15N5O3/c1-25-14-9-7-13(8-10-14)17(24)18-15(23)11-22-20-16(19-21-22)12-5-3-2-4-6-12/h2-10H,11H2,1H3,(H,18,23,24). The lowest BCUT2D eigenvalue weighted by Crippen LogP contribution is -2.33. The number of hydrogen-bond donors (Lipinski definition) is 1. The minimum Gasteiger partial charge on any atom is -0.497 e. The highest BCUT2D eigenvalue weighted by Crippen LogP contribution is 2.12. The zero-order valence-corrected chi connectivity index (χ0v) is 13.4. The predicted octanol–water partition coefficient (Wildman–Crippen LogP) is 1.31. The lowest BCUT2D eigenvalue weighted by molar-refractivity contribution is -0.121. The minimum atomic E-state index is -0.530. The number of methoxy groups -OCH3 is 1. The molecule has 1 aromatic heterocycles. The Morgan fingerprint density at radius 3 is 2.48 bits per heavy atom. The first kappa shape index (κ1) is 16.3. The molecule has 0 aliphatic carbocycles. The van der Waals surface area contributed by atoms with Crippen LogP contribution in [0.25, 0.3) is 11.4 Å². The van der Waals surface area contributed by atoms with Crippen LogP contribution < -0.4 is 10.1 Å². The Morgan fingerprint density at radius 1 is 1.08 bits per heavy atom. The third kappa shape index (κ3) is 4.05. The van der Waals surface area contributed by atoms with Crippen molar-refractivity contribution < 1.29 is 14.3 Å². The molecule has 0 atom stereocenters. The van der Waals surface area contributed by atoms with Crippen LogP contribution in [0.5, 0.6) is 5.75 Å². The van der Waals surface area contributed by atoms with Gasteiger partial charge in [0, 0.05) is 11.1 Å². The molecule has 0 radical (unpaired) electrons. The zero-order valence-electron chi connectivity index (χ0n) is 13.4. The van der Waals surface area contributed by atoms with E-state index >= 15 is 0 Å². The largest absolute Gasteiger partial charge is 0.497 e. The number of aromatic nitrogens is 4. The number of ether oxygens (including phenoxy) is 1. The van der Waals surface area contributed by atoms with Crippen LogP contribution in [0.2, 0.25) is 0 Å². The topological polar surface area (TPSA) is 99.0 Å². The van der Waals surface area contributed by atoms with Crippen LogP contribution in [0.4, 0.5) is 0 Å². The van der Waals surface area contributed by atoms with Gasteiger partial charge >= 0.3 is 0 Å². The third-order valence-corrected chi connectivity index (χ3v) is 3.38. The monoisotopic (exact) mass is 337 g/mol. The molecule has 0 aliphatic heterocycles. The average Bonchev–Trinajstić information content (AvgIpc) is 3.10. The molecule has 0 saturated heterocycles. The van der Waals surface area contributed by atoms with Crippen LogP contribution in [-0.4, -0.2) is 39.1 Å². The number of nitrogens with one attached hydrogen (secondary N) is 1. The molecule has 3 rings (SSSR count). The van der Waals surface area contributed by atoms with Gasteiger partial charge in [-0.1, -0.05) is 30.3 Å². The van der Waals surface area contributed by atoms with Crippen molar-refractivity contribution in [3.63, 3.8) is 0 Å². The van der Waals surface area contributed by atoms with E-state index in [9.17, 15) is 9.59 Å². The first-order valence-corrected chi connectivity index (χ1v) is 7.47. The van der Waals surface area contributed by atoms with E-state index in [-0.39, 0.29) is 6.54 Å². The summed E-state index contributed by atoms with van der Waals surface area (Å²) < 4.78 is 5.02. The Bertz CT molecular complexity index is 875. The van der Waals surface area contributed by atoms with Gasteiger partial charge in [0.1, 0.15) is 12.3 Å². The van der Waals surface area contributed by atoms with E-state index in [4.69, 9.17) is 4.74 Å². The molecule has 0 saturated carbocycles. The van der Waals surface area contributed by atoms with Crippen molar-refractivity contribution in [2.24, 2.45) is 0 Å². The Balaban J connectivity index is 1.60. The number of rotatable bonds is 5. The normalized spacial score (nSPS) is 10.3. The highest BCUT2D eigenvalue weighted by molar-refractivity contribution is 6.04. The van der Waals surface area contributed by atoms with E-state index in [1.165, 1.54) is 7.11 Å². The fourth-order valence-electron chi connectivity index (χ4n) is 2.12. The molecule has 2 amide bonds. The molecule has 0 bridgehead atoms. The molecule has 0 spiro atoms. The van der Waals surface area contributed by atoms with Gasteiger partial charge in [-0.2, -0.15) is 4.80 Å². The van der Waals surface area contributed by atoms with Crippen molar-refractivity contribution in [3.05, 3.63) is 60.2 Å². The molecule has 126 valence electrons. The van der Waals surface area contributed by atoms with Gasteiger partial charge in [-0.25, -0.2) is 0 Å². The van der Waals surface area contributed by atoms with Crippen LogP contribution in [0, 0.1) is 0 Å². The molecule has 25 heavy (non-hydrogen) atoms. The molecule has 0 unspecified atom stereocenters. The van der Waals surface area contributed by atoms with E-state index in [0.717, 1.165) is 10.4 Å². The number of carbonyl (C=O) groups excluding carboxylic acids is 2. The highest BCUT2D eigenvalue weighted by Gasteiger charge is 2.13.